The highest BCUT2D eigenvalue weighted by atomic mass is 79.9. The van der Waals surface area contributed by atoms with Crippen LogP contribution in [-0.2, 0) is 4.74 Å². The van der Waals surface area contributed by atoms with Crippen molar-refractivity contribution < 1.29 is 9.13 Å². The molecule has 1 fully saturated rings. The minimum absolute atomic E-state index is 0.190. The smallest absolute Gasteiger partial charge is 0.137 e. The summed E-state index contributed by atoms with van der Waals surface area (Å²) in [5.41, 5.74) is 1.01. The number of benzene rings is 1. The van der Waals surface area contributed by atoms with Gasteiger partial charge in [0.25, 0.3) is 0 Å². The van der Waals surface area contributed by atoms with Crippen molar-refractivity contribution in [3.8, 4) is 0 Å². The van der Waals surface area contributed by atoms with Crippen molar-refractivity contribution in [1.29, 1.82) is 0 Å². The molecule has 1 aromatic carbocycles. The predicted octanol–water partition coefficient (Wildman–Crippen LogP) is 4.59. The molecule has 2 nitrogen and oxygen atoms in total. The summed E-state index contributed by atoms with van der Waals surface area (Å²) in [6.07, 6.45) is 6.04. The molecule has 1 saturated heterocycles. The minimum atomic E-state index is -0.190. The van der Waals surface area contributed by atoms with E-state index in [1.54, 1.807) is 6.07 Å². The summed E-state index contributed by atoms with van der Waals surface area (Å²) in [5.74, 6) is -0.190. The Morgan fingerprint density at radius 1 is 1.50 bits per heavy atom. The standard InChI is InChI=1S/C16H23BrFNO/c1-2-19-15(10-3-6-12-7-5-11-20-12)13-8-4-9-14(18)16(13)17/h4,8-9,12,15,19H,2-3,5-7,10-11H2,1H3. The van der Waals surface area contributed by atoms with Crippen LogP contribution in [0.15, 0.2) is 22.7 Å². The van der Waals surface area contributed by atoms with E-state index in [0.717, 1.165) is 38.0 Å². The van der Waals surface area contributed by atoms with Crippen molar-refractivity contribution in [2.24, 2.45) is 0 Å². The van der Waals surface area contributed by atoms with Gasteiger partial charge in [0, 0.05) is 12.6 Å². The van der Waals surface area contributed by atoms with E-state index < -0.39 is 0 Å². The first kappa shape index (κ1) is 15.9. The summed E-state index contributed by atoms with van der Waals surface area (Å²) in [7, 11) is 0. The van der Waals surface area contributed by atoms with Crippen LogP contribution in [0.25, 0.3) is 0 Å². The summed E-state index contributed by atoms with van der Waals surface area (Å²) >= 11 is 3.37. The molecule has 1 N–H and O–H groups in total. The van der Waals surface area contributed by atoms with Crippen molar-refractivity contribution in [2.75, 3.05) is 13.2 Å². The number of hydrogen-bond donors (Lipinski definition) is 1. The molecule has 1 aliphatic rings. The monoisotopic (exact) mass is 343 g/mol. The molecule has 2 rings (SSSR count). The zero-order chi connectivity index (χ0) is 14.4. The molecule has 0 saturated carbocycles. The third kappa shape index (κ3) is 4.27. The predicted molar refractivity (Wildman–Crippen MR) is 83.3 cm³/mol. The Kier molecular flexibility index (Phi) is 6.46. The summed E-state index contributed by atoms with van der Waals surface area (Å²) in [6.45, 7) is 3.88. The van der Waals surface area contributed by atoms with E-state index in [1.165, 1.54) is 18.9 Å². The second-order valence-electron chi connectivity index (χ2n) is 5.32. The first-order chi connectivity index (χ1) is 9.72. The van der Waals surface area contributed by atoms with Crippen molar-refractivity contribution in [3.05, 3.63) is 34.1 Å². The van der Waals surface area contributed by atoms with E-state index in [9.17, 15) is 4.39 Å². The van der Waals surface area contributed by atoms with Crippen LogP contribution in [0.2, 0.25) is 0 Å². The van der Waals surface area contributed by atoms with Crippen molar-refractivity contribution in [3.63, 3.8) is 0 Å². The van der Waals surface area contributed by atoms with Gasteiger partial charge in [-0.3, -0.25) is 0 Å². The van der Waals surface area contributed by atoms with Crippen molar-refractivity contribution in [2.45, 2.75) is 51.2 Å². The molecule has 1 heterocycles. The lowest BCUT2D eigenvalue weighted by Crippen LogP contribution is -2.22. The molecule has 4 heteroatoms. The Morgan fingerprint density at radius 2 is 2.35 bits per heavy atom. The summed E-state index contributed by atoms with van der Waals surface area (Å²) in [4.78, 5) is 0. The van der Waals surface area contributed by atoms with Crippen molar-refractivity contribution >= 4 is 15.9 Å². The SMILES string of the molecule is CCNC(CCCC1CCCO1)c1cccc(F)c1Br. The maximum Gasteiger partial charge on any atom is 0.137 e. The molecule has 112 valence electrons. The summed E-state index contributed by atoms with van der Waals surface area (Å²) in [6, 6.07) is 5.46. The number of rotatable bonds is 7. The van der Waals surface area contributed by atoms with Gasteiger partial charge in [0.2, 0.25) is 0 Å². The minimum Gasteiger partial charge on any atom is -0.378 e. The average Bonchev–Trinajstić information content (AvgIpc) is 2.94. The lowest BCUT2D eigenvalue weighted by molar-refractivity contribution is 0.101. The number of ether oxygens (including phenoxy) is 1. The highest BCUT2D eigenvalue weighted by Gasteiger charge is 2.18. The van der Waals surface area contributed by atoms with Gasteiger partial charge in [-0.1, -0.05) is 19.1 Å². The Hall–Kier alpha value is -0.450. The molecule has 0 spiro atoms. The van der Waals surface area contributed by atoms with Crippen LogP contribution in [-0.4, -0.2) is 19.3 Å². The highest BCUT2D eigenvalue weighted by Crippen LogP contribution is 2.30. The maximum atomic E-state index is 13.7. The van der Waals surface area contributed by atoms with E-state index in [1.807, 2.05) is 6.07 Å². The third-order valence-corrected chi connectivity index (χ3v) is 4.69. The second kappa shape index (κ2) is 8.11. The van der Waals surface area contributed by atoms with E-state index in [2.05, 4.69) is 28.2 Å². The highest BCUT2D eigenvalue weighted by molar-refractivity contribution is 9.10. The van der Waals surface area contributed by atoms with E-state index >= 15 is 0 Å². The van der Waals surface area contributed by atoms with Gasteiger partial charge < -0.3 is 10.1 Å². The Balaban J connectivity index is 1.93. The molecule has 0 aliphatic carbocycles. The molecule has 0 aromatic heterocycles. The molecule has 0 bridgehead atoms. The van der Waals surface area contributed by atoms with Crippen LogP contribution in [0.3, 0.4) is 0 Å². The average molecular weight is 344 g/mol. The van der Waals surface area contributed by atoms with Crippen LogP contribution in [0.1, 0.15) is 50.6 Å². The summed E-state index contributed by atoms with van der Waals surface area (Å²) < 4.78 is 19.9. The molecule has 2 unspecified atom stereocenters. The van der Waals surface area contributed by atoms with Crippen LogP contribution in [0, 0.1) is 5.82 Å². The lowest BCUT2D eigenvalue weighted by Gasteiger charge is -2.20. The lowest BCUT2D eigenvalue weighted by atomic mass is 9.99. The van der Waals surface area contributed by atoms with Crippen LogP contribution in [0.4, 0.5) is 4.39 Å². The largest absolute Gasteiger partial charge is 0.378 e. The molecule has 0 amide bonds. The zero-order valence-electron chi connectivity index (χ0n) is 12.0. The van der Waals surface area contributed by atoms with Gasteiger partial charge in [0.05, 0.1) is 10.6 Å². The Morgan fingerprint density at radius 3 is 3.05 bits per heavy atom. The van der Waals surface area contributed by atoms with Crippen LogP contribution < -0.4 is 5.32 Å². The van der Waals surface area contributed by atoms with Gasteiger partial charge in [-0.2, -0.15) is 0 Å². The molecular formula is C16H23BrFNO. The maximum absolute atomic E-state index is 13.7. The first-order valence-corrected chi connectivity index (χ1v) is 8.30. The number of nitrogens with one attached hydrogen (secondary N) is 1. The molecule has 0 radical (unpaired) electrons. The topological polar surface area (TPSA) is 21.3 Å². The molecule has 20 heavy (non-hydrogen) atoms. The quantitative estimate of drug-likeness (QED) is 0.781. The molecular weight excluding hydrogens is 321 g/mol. The van der Waals surface area contributed by atoms with Crippen LogP contribution >= 0.6 is 15.9 Å². The van der Waals surface area contributed by atoms with Gasteiger partial charge in [-0.25, -0.2) is 4.39 Å². The second-order valence-corrected chi connectivity index (χ2v) is 6.11. The zero-order valence-corrected chi connectivity index (χ0v) is 13.6. The van der Waals surface area contributed by atoms with Gasteiger partial charge in [0.1, 0.15) is 5.82 Å². The third-order valence-electron chi connectivity index (χ3n) is 3.85. The van der Waals surface area contributed by atoms with Gasteiger partial charge in [0.15, 0.2) is 0 Å². The van der Waals surface area contributed by atoms with Crippen molar-refractivity contribution in [1.82, 2.24) is 5.32 Å². The number of hydrogen-bond acceptors (Lipinski definition) is 2. The molecule has 2 atom stereocenters. The fourth-order valence-electron chi connectivity index (χ4n) is 2.83. The van der Waals surface area contributed by atoms with Crippen LogP contribution in [0.5, 0.6) is 0 Å². The molecule has 1 aromatic rings. The van der Waals surface area contributed by atoms with Gasteiger partial charge in [-0.15, -0.1) is 0 Å². The van der Waals surface area contributed by atoms with Gasteiger partial charge >= 0.3 is 0 Å². The Labute approximate surface area is 129 Å². The fourth-order valence-corrected chi connectivity index (χ4v) is 3.37. The fraction of sp³-hybridized carbons (Fsp3) is 0.625. The number of halogens is 2. The van der Waals surface area contributed by atoms with E-state index in [0.29, 0.717) is 10.6 Å². The van der Waals surface area contributed by atoms with Gasteiger partial charge in [-0.05, 0) is 66.2 Å². The van der Waals surface area contributed by atoms with E-state index in [4.69, 9.17) is 4.74 Å². The Bertz CT molecular complexity index is 421. The summed E-state index contributed by atoms with van der Waals surface area (Å²) in [5, 5.41) is 3.45. The first-order valence-electron chi connectivity index (χ1n) is 7.51. The van der Waals surface area contributed by atoms with E-state index in [-0.39, 0.29) is 11.9 Å². The normalized spacial score (nSPS) is 20.2. The molecule has 1 aliphatic heterocycles.